The first-order chi connectivity index (χ1) is 7.52. The van der Waals surface area contributed by atoms with Crippen molar-refractivity contribution in [3.63, 3.8) is 0 Å². The van der Waals surface area contributed by atoms with Gasteiger partial charge in [-0.3, -0.25) is 0 Å². The molecule has 1 aromatic rings. The lowest BCUT2D eigenvalue weighted by Crippen LogP contribution is -2.03. The number of rotatable bonds is 4. The normalized spacial score (nSPS) is 12.2. The van der Waals surface area contributed by atoms with E-state index in [1.54, 1.807) is 0 Å². The molecule has 0 spiro atoms. The van der Waals surface area contributed by atoms with Crippen molar-refractivity contribution in [1.82, 2.24) is 0 Å². The molecule has 0 aliphatic rings. The molecule has 1 unspecified atom stereocenters. The van der Waals surface area contributed by atoms with E-state index in [4.69, 9.17) is 4.74 Å². The number of hydrogen-bond donors (Lipinski definition) is 1. The summed E-state index contributed by atoms with van der Waals surface area (Å²) in [4.78, 5) is 10.3. The third-order valence-electron chi connectivity index (χ3n) is 2.35. The van der Waals surface area contributed by atoms with E-state index in [1.807, 2.05) is 0 Å². The molecule has 0 aliphatic carbocycles. The van der Waals surface area contributed by atoms with Gasteiger partial charge in [0.2, 0.25) is 0 Å². The molecule has 88 valence electrons. The molecule has 0 saturated heterocycles. The van der Waals surface area contributed by atoms with E-state index in [2.05, 4.69) is 0 Å². The average molecular weight is 230 g/mol. The number of aldehydes is 1. The zero-order valence-electron chi connectivity index (χ0n) is 8.96. The standard InChI is InChI=1S/C11H12F2O3/c1-6(3-4-14)9-10(13)7(12)5-8(16-2)11(9)15/h4-6,15H,3H2,1-2H3. The Bertz CT molecular complexity index is 405. The van der Waals surface area contributed by atoms with Crippen molar-refractivity contribution >= 4 is 6.29 Å². The first-order valence-corrected chi connectivity index (χ1v) is 4.71. The van der Waals surface area contributed by atoms with Crippen molar-refractivity contribution in [2.24, 2.45) is 0 Å². The number of methoxy groups -OCH3 is 1. The van der Waals surface area contributed by atoms with Crippen LogP contribution < -0.4 is 4.74 Å². The molecule has 1 rings (SSSR count). The fourth-order valence-corrected chi connectivity index (χ4v) is 1.48. The van der Waals surface area contributed by atoms with E-state index in [-0.39, 0.29) is 17.7 Å². The third-order valence-corrected chi connectivity index (χ3v) is 2.35. The Hall–Kier alpha value is -1.65. The predicted octanol–water partition coefficient (Wildman–Crippen LogP) is 2.37. The van der Waals surface area contributed by atoms with Gasteiger partial charge in [-0.2, -0.15) is 0 Å². The minimum atomic E-state index is -1.15. The average Bonchev–Trinajstić information content (AvgIpc) is 2.24. The Kier molecular flexibility index (Phi) is 3.82. The first kappa shape index (κ1) is 12.4. The van der Waals surface area contributed by atoms with Gasteiger partial charge in [0, 0.05) is 18.1 Å². The van der Waals surface area contributed by atoms with Gasteiger partial charge in [0.05, 0.1) is 7.11 Å². The molecular formula is C11H12F2O3. The van der Waals surface area contributed by atoms with E-state index in [0.29, 0.717) is 6.29 Å². The molecule has 0 aromatic heterocycles. The second-order valence-corrected chi connectivity index (χ2v) is 3.44. The second kappa shape index (κ2) is 4.92. The van der Waals surface area contributed by atoms with Crippen molar-refractivity contribution in [2.75, 3.05) is 7.11 Å². The molecule has 1 aromatic carbocycles. The van der Waals surface area contributed by atoms with Crippen molar-refractivity contribution in [3.8, 4) is 11.5 Å². The summed E-state index contributed by atoms with van der Waals surface area (Å²) in [6.45, 7) is 1.52. The molecule has 0 saturated carbocycles. The number of halogens is 2. The van der Waals surface area contributed by atoms with Gasteiger partial charge in [0.25, 0.3) is 0 Å². The quantitative estimate of drug-likeness (QED) is 0.808. The van der Waals surface area contributed by atoms with Gasteiger partial charge in [-0.05, 0) is 5.92 Å². The van der Waals surface area contributed by atoms with Crippen LogP contribution in [-0.2, 0) is 4.79 Å². The number of benzene rings is 1. The van der Waals surface area contributed by atoms with Gasteiger partial charge in [-0.1, -0.05) is 6.92 Å². The summed E-state index contributed by atoms with van der Waals surface area (Å²) in [6.07, 6.45) is 0.581. The molecule has 0 radical (unpaired) electrons. The minimum absolute atomic E-state index is 0.00289. The Labute approximate surface area is 91.7 Å². The van der Waals surface area contributed by atoms with Gasteiger partial charge in [-0.15, -0.1) is 0 Å². The summed E-state index contributed by atoms with van der Waals surface area (Å²) >= 11 is 0. The molecule has 0 heterocycles. The highest BCUT2D eigenvalue weighted by molar-refractivity contribution is 5.55. The van der Waals surface area contributed by atoms with E-state index >= 15 is 0 Å². The van der Waals surface area contributed by atoms with Crippen LogP contribution in [0, 0.1) is 11.6 Å². The highest BCUT2D eigenvalue weighted by Crippen LogP contribution is 2.38. The monoisotopic (exact) mass is 230 g/mol. The van der Waals surface area contributed by atoms with Crippen molar-refractivity contribution < 1.29 is 23.4 Å². The molecule has 0 fully saturated rings. The minimum Gasteiger partial charge on any atom is -0.504 e. The van der Waals surface area contributed by atoms with Crippen LogP contribution in [0.5, 0.6) is 11.5 Å². The number of carbonyl (C=O) groups is 1. The fourth-order valence-electron chi connectivity index (χ4n) is 1.48. The van der Waals surface area contributed by atoms with Gasteiger partial charge < -0.3 is 14.6 Å². The SMILES string of the molecule is COc1cc(F)c(F)c(C(C)CC=O)c1O. The Morgan fingerprint density at radius 2 is 2.19 bits per heavy atom. The molecule has 1 N–H and O–H groups in total. The van der Waals surface area contributed by atoms with E-state index < -0.39 is 23.3 Å². The maximum absolute atomic E-state index is 13.4. The first-order valence-electron chi connectivity index (χ1n) is 4.71. The van der Waals surface area contributed by atoms with Gasteiger partial charge in [0.15, 0.2) is 23.1 Å². The lowest BCUT2D eigenvalue weighted by atomic mass is 9.96. The summed E-state index contributed by atoms with van der Waals surface area (Å²) in [7, 11) is 1.24. The van der Waals surface area contributed by atoms with Gasteiger partial charge in [-0.25, -0.2) is 8.78 Å². The van der Waals surface area contributed by atoms with E-state index in [9.17, 15) is 18.7 Å². The molecule has 0 bridgehead atoms. The zero-order chi connectivity index (χ0) is 12.3. The maximum Gasteiger partial charge on any atom is 0.166 e. The van der Waals surface area contributed by atoms with Crippen molar-refractivity contribution in [3.05, 3.63) is 23.3 Å². The second-order valence-electron chi connectivity index (χ2n) is 3.44. The van der Waals surface area contributed by atoms with Crippen LogP contribution in [0.2, 0.25) is 0 Å². The van der Waals surface area contributed by atoms with Crippen LogP contribution in [0.4, 0.5) is 8.78 Å². The summed E-state index contributed by atoms with van der Waals surface area (Å²) in [5.74, 6) is -3.47. The highest BCUT2D eigenvalue weighted by atomic mass is 19.2. The van der Waals surface area contributed by atoms with Crippen LogP contribution in [0.3, 0.4) is 0 Å². The molecule has 3 nitrogen and oxygen atoms in total. The van der Waals surface area contributed by atoms with Crippen LogP contribution in [-0.4, -0.2) is 18.5 Å². The topological polar surface area (TPSA) is 46.5 Å². The van der Waals surface area contributed by atoms with Crippen LogP contribution in [0.1, 0.15) is 24.8 Å². The molecule has 1 atom stereocenters. The Morgan fingerprint density at radius 1 is 1.56 bits per heavy atom. The fraction of sp³-hybridized carbons (Fsp3) is 0.364. The number of hydrogen-bond acceptors (Lipinski definition) is 3. The highest BCUT2D eigenvalue weighted by Gasteiger charge is 2.22. The Morgan fingerprint density at radius 3 is 2.69 bits per heavy atom. The van der Waals surface area contributed by atoms with Gasteiger partial charge >= 0.3 is 0 Å². The molecular weight excluding hydrogens is 218 g/mol. The molecule has 16 heavy (non-hydrogen) atoms. The van der Waals surface area contributed by atoms with Crippen LogP contribution >= 0.6 is 0 Å². The smallest absolute Gasteiger partial charge is 0.166 e. The summed E-state index contributed by atoms with van der Waals surface area (Å²) in [5.41, 5.74) is -0.232. The van der Waals surface area contributed by atoms with E-state index in [0.717, 1.165) is 6.07 Å². The van der Waals surface area contributed by atoms with Gasteiger partial charge in [0.1, 0.15) is 6.29 Å². The predicted molar refractivity (Wildman–Crippen MR) is 53.7 cm³/mol. The lowest BCUT2D eigenvalue weighted by Gasteiger charge is -2.14. The van der Waals surface area contributed by atoms with Crippen molar-refractivity contribution in [1.29, 1.82) is 0 Å². The molecule has 0 aliphatic heterocycles. The van der Waals surface area contributed by atoms with E-state index in [1.165, 1.54) is 14.0 Å². The Balaban J connectivity index is 3.34. The maximum atomic E-state index is 13.4. The number of aromatic hydroxyl groups is 1. The summed E-state index contributed by atoms with van der Waals surface area (Å²) in [5, 5.41) is 9.64. The summed E-state index contributed by atoms with van der Waals surface area (Å²) < 4.78 is 31.3. The lowest BCUT2D eigenvalue weighted by molar-refractivity contribution is -0.108. The van der Waals surface area contributed by atoms with Crippen LogP contribution in [0.15, 0.2) is 6.07 Å². The number of phenols is 1. The largest absolute Gasteiger partial charge is 0.504 e. The number of carbonyl (C=O) groups excluding carboxylic acids is 1. The zero-order valence-corrected chi connectivity index (χ0v) is 8.96. The van der Waals surface area contributed by atoms with Crippen LogP contribution in [0.25, 0.3) is 0 Å². The number of phenolic OH excluding ortho intramolecular Hbond substituents is 1. The van der Waals surface area contributed by atoms with Crippen molar-refractivity contribution in [2.45, 2.75) is 19.3 Å². The number of ether oxygens (including phenoxy) is 1. The summed E-state index contributed by atoms with van der Waals surface area (Å²) in [6, 6.07) is 0.766. The molecule has 0 amide bonds. The molecule has 5 heteroatoms. The third kappa shape index (κ3) is 2.13.